The van der Waals surface area contributed by atoms with E-state index in [-0.39, 0.29) is 44.8 Å². The zero-order chi connectivity index (χ0) is 4.50. The fourth-order valence-corrected chi connectivity index (χ4v) is 0. The van der Waals surface area contributed by atoms with Gasteiger partial charge in [-0.15, -0.1) is 0 Å². The quantitative estimate of drug-likeness (QED) is 0.417. The first-order valence-electron chi connectivity index (χ1n) is 0.698. The van der Waals surface area contributed by atoms with Crippen LogP contribution in [-0.4, -0.2) is 17.5 Å². The molecule has 0 aliphatic heterocycles. The third-order valence-corrected chi connectivity index (χ3v) is 0. The van der Waals surface area contributed by atoms with Gasteiger partial charge in [-0.1, -0.05) is 0 Å². The molecule has 0 amide bonds. The second-order valence-corrected chi connectivity index (χ2v) is 1.34. The van der Waals surface area contributed by atoms with Crippen molar-refractivity contribution in [3.05, 3.63) is 0 Å². The Labute approximate surface area is 72.3 Å². The van der Waals surface area contributed by atoms with Gasteiger partial charge in [0.25, 0.3) is 0 Å². The number of rotatable bonds is 0. The van der Waals surface area contributed by atoms with Crippen LogP contribution in [0.25, 0.3) is 0 Å². The van der Waals surface area contributed by atoms with Gasteiger partial charge >= 0.3 is 10.4 Å². The number of hydrogen-bond acceptors (Lipinski definition) is 2. The minimum Gasteiger partial charge on any atom is -0.264 e. The van der Waals surface area contributed by atoms with Gasteiger partial charge in [0, 0.05) is 44.8 Å². The molecule has 0 heterocycles. The second-order valence-electron chi connectivity index (χ2n) is 0.448. The van der Waals surface area contributed by atoms with Crippen LogP contribution in [0.3, 0.4) is 0 Å². The van der Waals surface area contributed by atoms with Crippen molar-refractivity contribution in [2.45, 2.75) is 0 Å². The van der Waals surface area contributed by atoms with Crippen LogP contribution >= 0.6 is 0 Å². The van der Waals surface area contributed by atoms with Crippen molar-refractivity contribution in [1.82, 2.24) is 0 Å². The Balaban J connectivity index is -0.0000000800. The first-order chi connectivity index (χ1) is 2.00. The maximum atomic E-state index is 8.74. The molecule has 7 heteroatoms. The molecule has 0 aromatic rings. The Hall–Kier alpha value is 1.35. The van der Waals surface area contributed by atoms with Gasteiger partial charge in [-0.2, -0.15) is 8.42 Å². The molecule has 7 heavy (non-hydrogen) atoms. The Morgan fingerprint density at radius 3 is 1.14 bits per heavy atom. The van der Waals surface area contributed by atoms with E-state index in [0.29, 0.717) is 0 Å². The first-order valence-corrected chi connectivity index (χ1v) is 2.10. The summed E-state index contributed by atoms with van der Waals surface area (Å²) in [6, 6.07) is 0. The van der Waals surface area contributed by atoms with Crippen LogP contribution in [0.1, 0.15) is 0 Å². The molecule has 0 atom stereocenters. The van der Waals surface area contributed by atoms with Crippen LogP contribution in [-0.2, 0) is 55.2 Å². The van der Waals surface area contributed by atoms with Gasteiger partial charge in [-0.05, 0) is 0 Å². The molecule has 2 radical (unpaired) electrons. The summed E-state index contributed by atoms with van der Waals surface area (Å²) in [7, 11) is -4.67. The van der Waals surface area contributed by atoms with Gasteiger partial charge in [0.1, 0.15) is 0 Å². The van der Waals surface area contributed by atoms with Crippen molar-refractivity contribution in [2.24, 2.45) is 0 Å². The van der Waals surface area contributed by atoms with Crippen LogP contribution in [0.2, 0.25) is 0 Å². The Kier molecular flexibility index (Phi) is 12.4. The van der Waals surface area contributed by atoms with Gasteiger partial charge in [-0.25, -0.2) is 0 Å². The van der Waals surface area contributed by atoms with Crippen LogP contribution in [0.15, 0.2) is 0 Å². The molecule has 0 aliphatic carbocycles. The summed E-state index contributed by atoms with van der Waals surface area (Å²) in [6.07, 6.45) is 0. The van der Waals surface area contributed by atoms with Crippen molar-refractivity contribution in [3.63, 3.8) is 0 Å². The fraction of sp³-hybridized carbons (Fsp3) is 0. The van der Waals surface area contributed by atoms with Gasteiger partial charge in [-0.3, -0.25) is 9.11 Å². The molecule has 0 spiro atoms. The molecule has 4 nitrogen and oxygen atoms in total. The molecule has 2 N–H and O–H groups in total. The van der Waals surface area contributed by atoms with Crippen LogP contribution in [0, 0.1) is 0 Å². The van der Waals surface area contributed by atoms with E-state index >= 15 is 0 Å². The van der Waals surface area contributed by atoms with Gasteiger partial charge in [0.2, 0.25) is 0 Å². The summed E-state index contributed by atoms with van der Waals surface area (Å²) >= 11 is 0. The van der Waals surface area contributed by atoms with Crippen molar-refractivity contribution in [1.29, 1.82) is 0 Å². The molecule has 0 aromatic heterocycles. The zero-order valence-electron chi connectivity index (χ0n) is 2.72. The monoisotopic (exact) mass is 402 g/mol. The summed E-state index contributed by atoms with van der Waals surface area (Å²) in [5.41, 5.74) is 0. The molecule has 0 fully saturated rings. The van der Waals surface area contributed by atoms with Crippen molar-refractivity contribution in [2.75, 3.05) is 0 Å². The van der Waals surface area contributed by atoms with Gasteiger partial charge in [0.15, 0.2) is 0 Å². The molecular weight excluding hydrogens is 401 g/mol. The van der Waals surface area contributed by atoms with E-state index in [0.717, 1.165) is 0 Å². The summed E-state index contributed by atoms with van der Waals surface area (Å²) in [5, 5.41) is 0. The Bertz CT molecular complexity index is 94.9. The van der Waals surface area contributed by atoms with E-state index in [4.69, 9.17) is 17.5 Å². The van der Waals surface area contributed by atoms with Crippen LogP contribution in [0.5, 0.6) is 0 Å². The standard InChI is InChI=1S/Ag.Au.H2O4S/c;;1-5(2,3)4/h;;(H2,1,2,3,4). The van der Waals surface area contributed by atoms with E-state index in [1.54, 1.807) is 0 Å². The topological polar surface area (TPSA) is 74.6 Å². The SMILES string of the molecule is O=S(=O)(O)O.[Ag].[Au]. The van der Waals surface area contributed by atoms with E-state index in [1.165, 1.54) is 0 Å². The molecule has 0 bridgehead atoms. The zero-order valence-corrected chi connectivity index (χ0v) is 7.19. The molecule has 0 rings (SSSR count). The third kappa shape index (κ3) is 115. The summed E-state index contributed by atoms with van der Waals surface area (Å²) in [5.74, 6) is 0. The second kappa shape index (κ2) is 5.49. The maximum Gasteiger partial charge on any atom is 0.394 e. The fourth-order valence-electron chi connectivity index (χ4n) is 0. The average molecular weight is 403 g/mol. The molecule has 0 saturated carbocycles. The molecule has 0 saturated heterocycles. The van der Waals surface area contributed by atoms with Crippen LogP contribution in [0.4, 0.5) is 0 Å². The largest absolute Gasteiger partial charge is 0.394 e. The van der Waals surface area contributed by atoms with Gasteiger partial charge < -0.3 is 0 Å². The first kappa shape index (κ1) is 15.8. The smallest absolute Gasteiger partial charge is 0.264 e. The summed E-state index contributed by atoms with van der Waals surface area (Å²) < 4.78 is 31.6. The molecular formula is H2AgAuO4S. The molecule has 0 aliphatic rings. The van der Waals surface area contributed by atoms with Crippen molar-refractivity contribution >= 4 is 10.4 Å². The van der Waals surface area contributed by atoms with E-state index < -0.39 is 10.4 Å². The van der Waals surface area contributed by atoms with Gasteiger partial charge in [0.05, 0.1) is 0 Å². The third-order valence-electron chi connectivity index (χ3n) is 0. The summed E-state index contributed by atoms with van der Waals surface area (Å²) in [6.45, 7) is 0. The van der Waals surface area contributed by atoms with Crippen molar-refractivity contribution < 1.29 is 62.3 Å². The van der Waals surface area contributed by atoms with E-state index in [9.17, 15) is 0 Å². The predicted octanol–water partition coefficient (Wildman–Crippen LogP) is -0.658. The van der Waals surface area contributed by atoms with Crippen LogP contribution < -0.4 is 0 Å². The normalized spacial score (nSPS) is 8.29. The molecule has 0 unspecified atom stereocenters. The number of hydrogen-bond donors (Lipinski definition) is 2. The van der Waals surface area contributed by atoms with E-state index in [1.807, 2.05) is 0 Å². The minimum absolute atomic E-state index is 0. The predicted molar refractivity (Wildman–Crippen MR) is 14.2 cm³/mol. The molecule has 0 aromatic carbocycles. The minimum atomic E-state index is -4.67. The summed E-state index contributed by atoms with van der Waals surface area (Å²) in [4.78, 5) is 0. The maximum absolute atomic E-state index is 8.74. The Morgan fingerprint density at radius 1 is 1.14 bits per heavy atom. The molecule has 54 valence electrons. The average Bonchev–Trinajstić information content (AvgIpc) is 0.722. The van der Waals surface area contributed by atoms with Crippen molar-refractivity contribution in [3.8, 4) is 0 Å². The Morgan fingerprint density at radius 2 is 1.14 bits per heavy atom. The van der Waals surface area contributed by atoms with E-state index in [2.05, 4.69) is 0 Å².